The van der Waals surface area contributed by atoms with E-state index in [-0.39, 0.29) is 11.9 Å². The maximum absolute atomic E-state index is 12.9. The van der Waals surface area contributed by atoms with Gasteiger partial charge < -0.3 is 9.64 Å². The van der Waals surface area contributed by atoms with E-state index in [2.05, 4.69) is 5.10 Å². The van der Waals surface area contributed by atoms with E-state index in [1.54, 1.807) is 30.5 Å². The van der Waals surface area contributed by atoms with Crippen molar-refractivity contribution in [1.82, 2.24) is 9.78 Å². The summed E-state index contributed by atoms with van der Waals surface area (Å²) in [5.74, 6) is -0.714. The summed E-state index contributed by atoms with van der Waals surface area (Å²) in [5, 5.41) is 4.22. The Kier molecular flexibility index (Phi) is 4.37. The molecule has 0 spiro atoms. The van der Waals surface area contributed by atoms with Gasteiger partial charge in [-0.05, 0) is 45.7 Å². The van der Waals surface area contributed by atoms with Crippen molar-refractivity contribution < 1.29 is 14.3 Å². The lowest BCUT2D eigenvalue weighted by atomic mass is 10.1. The van der Waals surface area contributed by atoms with Crippen molar-refractivity contribution in [1.29, 1.82) is 0 Å². The minimum Gasteiger partial charge on any atom is -0.449 e. The molecule has 0 fully saturated rings. The molecule has 132 valence electrons. The lowest BCUT2D eigenvalue weighted by molar-refractivity contribution is -0.126. The number of hydrogen-bond donors (Lipinski definition) is 0. The number of esters is 1. The van der Waals surface area contributed by atoms with Crippen LogP contribution in [0.25, 0.3) is 0 Å². The van der Waals surface area contributed by atoms with Crippen molar-refractivity contribution in [2.45, 2.75) is 46.3 Å². The Labute approximate surface area is 147 Å². The summed E-state index contributed by atoms with van der Waals surface area (Å²) in [4.78, 5) is 27.1. The highest BCUT2D eigenvalue weighted by Crippen LogP contribution is 2.32. The van der Waals surface area contributed by atoms with Gasteiger partial charge in [0.15, 0.2) is 6.10 Å². The van der Waals surface area contributed by atoms with Crippen LogP contribution in [0.5, 0.6) is 0 Å². The zero-order valence-corrected chi connectivity index (χ0v) is 15.2. The first kappa shape index (κ1) is 17.2. The molecule has 1 amide bonds. The molecule has 0 radical (unpaired) electrons. The predicted molar refractivity (Wildman–Crippen MR) is 94.7 cm³/mol. The van der Waals surface area contributed by atoms with E-state index in [0.717, 1.165) is 23.4 Å². The summed E-state index contributed by atoms with van der Waals surface area (Å²) in [6.07, 6.45) is -0.0521. The number of carbonyl (C=O) groups excluding carboxylic acids is 2. The third-order valence-electron chi connectivity index (χ3n) is 4.79. The van der Waals surface area contributed by atoms with E-state index in [4.69, 9.17) is 4.74 Å². The molecular formula is C19H23N3O3. The van der Waals surface area contributed by atoms with Crippen molar-refractivity contribution in [3.63, 3.8) is 0 Å². The highest BCUT2D eigenvalue weighted by molar-refractivity contribution is 6.01. The third-order valence-corrected chi connectivity index (χ3v) is 4.79. The summed E-state index contributed by atoms with van der Waals surface area (Å²) < 4.78 is 7.10. The molecule has 0 bridgehead atoms. The Bertz CT molecular complexity index is 840. The second-order valence-electron chi connectivity index (χ2n) is 6.61. The molecule has 2 aromatic rings. The quantitative estimate of drug-likeness (QED) is 0.805. The smallest absolute Gasteiger partial charge is 0.342 e. The lowest BCUT2D eigenvalue weighted by Gasteiger charge is -2.26. The maximum atomic E-state index is 12.9. The minimum atomic E-state index is -0.861. The standard InChI is InChI=1S/C19H23N3O3/c1-11-10-15-8-6-7-9-16(15)22(11)18(23)14(4)25-19(24)17-12(2)20-21(5)13(17)3/h6-9,11,14H,10H2,1-5H3/t11-,14+/m1/s1. The van der Waals surface area contributed by atoms with Crippen molar-refractivity contribution >= 4 is 17.6 Å². The summed E-state index contributed by atoms with van der Waals surface area (Å²) in [7, 11) is 1.77. The molecule has 25 heavy (non-hydrogen) atoms. The monoisotopic (exact) mass is 341 g/mol. The van der Waals surface area contributed by atoms with Gasteiger partial charge in [-0.2, -0.15) is 5.10 Å². The van der Waals surface area contributed by atoms with Gasteiger partial charge in [0.2, 0.25) is 0 Å². The van der Waals surface area contributed by atoms with Crippen LogP contribution < -0.4 is 4.90 Å². The molecular weight excluding hydrogens is 318 g/mol. The summed E-state index contributed by atoms with van der Waals surface area (Å²) in [6, 6.07) is 7.89. The van der Waals surface area contributed by atoms with Gasteiger partial charge in [0, 0.05) is 24.5 Å². The number of carbonyl (C=O) groups is 2. The molecule has 1 aliphatic rings. The van der Waals surface area contributed by atoms with Crippen molar-refractivity contribution in [2.75, 3.05) is 4.90 Å². The van der Waals surface area contributed by atoms with Crippen molar-refractivity contribution in [3.05, 3.63) is 46.8 Å². The van der Waals surface area contributed by atoms with Crippen LogP contribution in [-0.2, 0) is 23.0 Å². The number of hydrogen-bond acceptors (Lipinski definition) is 4. The minimum absolute atomic E-state index is 0.0490. The van der Waals surface area contributed by atoms with Crippen LogP contribution in [0.4, 0.5) is 5.69 Å². The molecule has 0 saturated heterocycles. The molecule has 0 aliphatic carbocycles. The van der Waals surface area contributed by atoms with Crippen LogP contribution in [0.1, 0.15) is 41.2 Å². The van der Waals surface area contributed by atoms with Crippen LogP contribution in [0.3, 0.4) is 0 Å². The second-order valence-corrected chi connectivity index (χ2v) is 6.61. The normalized spacial score (nSPS) is 17.3. The molecule has 0 N–H and O–H groups in total. The predicted octanol–water partition coefficient (Wildman–Crippen LogP) is 2.56. The Balaban J connectivity index is 1.78. The van der Waals surface area contributed by atoms with Crippen molar-refractivity contribution in [3.8, 4) is 0 Å². The zero-order valence-electron chi connectivity index (χ0n) is 15.2. The largest absolute Gasteiger partial charge is 0.449 e. The Morgan fingerprint density at radius 3 is 2.60 bits per heavy atom. The topological polar surface area (TPSA) is 64.4 Å². The summed E-state index contributed by atoms with van der Waals surface area (Å²) in [6.45, 7) is 7.19. The number of anilines is 1. The number of nitrogens with zero attached hydrogens (tertiary/aromatic N) is 3. The van der Waals surface area contributed by atoms with E-state index in [9.17, 15) is 9.59 Å². The first-order valence-electron chi connectivity index (χ1n) is 8.43. The molecule has 6 heteroatoms. The number of amides is 1. The fraction of sp³-hybridized carbons (Fsp3) is 0.421. The highest BCUT2D eigenvalue weighted by Gasteiger charge is 2.35. The molecule has 1 aliphatic heterocycles. The number of ether oxygens (including phenoxy) is 1. The molecule has 1 aromatic carbocycles. The van der Waals surface area contributed by atoms with E-state index >= 15 is 0 Å². The lowest BCUT2D eigenvalue weighted by Crippen LogP contribution is -2.43. The summed E-state index contributed by atoms with van der Waals surface area (Å²) >= 11 is 0. The van der Waals surface area contributed by atoms with Crippen LogP contribution in [0.15, 0.2) is 24.3 Å². The molecule has 3 rings (SSSR count). The first-order valence-corrected chi connectivity index (χ1v) is 8.43. The molecule has 6 nitrogen and oxygen atoms in total. The number of aromatic nitrogens is 2. The molecule has 0 unspecified atom stereocenters. The Morgan fingerprint density at radius 2 is 1.96 bits per heavy atom. The van der Waals surface area contributed by atoms with Crippen LogP contribution >= 0.6 is 0 Å². The van der Waals surface area contributed by atoms with Gasteiger partial charge in [0.25, 0.3) is 5.91 Å². The highest BCUT2D eigenvalue weighted by atomic mass is 16.5. The fourth-order valence-electron chi connectivity index (χ4n) is 3.44. The number of benzene rings is 1. The van der Waals surface area contributed by atoms with Crippen LogP contribution in [0, 0.1) is 13.8 Å². The average molecular weight is 341 g/mol. The molecule has 1 aromatic heterocycles. The van der Waals surface area contributed by atoms with Gasteiger partial charge >= 0.3 is 5.97 Å². The number of para-hydroxylation sites is 1. The van der Waals surface area contributed by atoms with Gasteiger partial charge in [0.05, 0.1) is 5.69 Å². The SMILES string of the molecule is Cc1nn(C)c(C)c1C(=O)O[C@@H](C)C(=O)N1c2ccccc2C[C@H]1C. The van der Waals surface area contributed by atoms with E-state index in [0.29, 0.717) is 11.3 Å². The number of rotatable bonds is 3. The second kappa shape index (κ2) is 6.35. The van der Waals surface area contributed by atoms with E-state index < -0.39 is 12.1 Å². The van der Waals surface area contributed by atoms with Crippen LogP contribution in [0.2, 0.25) is 0 Å². The maximum Gasteiger partial charge on any atom is 0.342 e. The van der Waals surface area contributed by atoms with Gasteiger partial charge in [-0.15, -0.1) is 0 Å². The number of fused-ring (bicyclic) bond motifs is 1. The Morgan fingerprint density at radius 1 is 1.28 bits per heavy atom. The van der Waals surface area contributed by atoms with Gasteiger partial charge in [-0.25, -0.2) is 4.79 Å². The van der Waals surface area contributed by atoms with Crippen LogP contribution in [-0.4, -0.2) is 33.8 Å². The van der Waals surface area contributed by atoms with Crippen molar-refractivity contribution in [2.24, 2.45) is 7.05 Å². The molecule has 2 heterocycles. The zero-order chi connectivity index (χ0) is 18.3. The number of aryl methyl sites for hydroxylation is 2. The fourth-order valence-corrected chi connectivity index (χ4v) is 3.44. The summed E-state index contributed by atoms with van der Waals surface area (Å²) in [5.41, 5.74) is 3.79. The Hall–Kier alpha value is -2.63. The van der Waals surface area contributed by atoms with Gasteiger partial charge in [-0.1, -0.05) is 18.2 Å². The van der Waals surface area contributed by atoms with E-state index in [1.807, 2.05) is 38.1 Å². The average Bonchev–Trinajstić information content (AvgIpc) is 3.01. The van der Waals surface area contributed by atoms with E-state index in [1.165, 1.54) is 0 Å². The molecule has 2 atom stereocenters. The first-order chi connectivity index (χ1) is 11.8. The van der Waals surface area contributed by atoms with Gasteiger partial charge in [-0.3, -0.25) is 9.48 Å². The van der Waals surface area contributed by atoms with Gasteiger partial charge in [0.1, 0.15) is 5.56 Å². The molecule has 0 saturated carbocycles. The third kappa shape index (κ3) is 2.92.